The first kappa shape index (κ1) is 78.6. The maximum atomic E-state index is 13.0. The second-order valence-electron chi connectivity index (χ2n) is 24.9. The zero-order chi connectivity index (χ0) is 58.5. The smallest absolute Gasteiger partial charge is 0.306 e. The molecule has 0 bridgehead atoms. The molecule has 0 aromatic rings. The molecule has 6 nitrogen and oxygen atoms in total. The average Bonchev–Trinajstić information content (AvgIpc) is 3.47. The van der Waals surface area contributed by atoms with Crippen LogP contribution in [-0.2, 0) is 28.6 Å². The molecule has 81 heavy (non-hydrogen) atoms. The molecular formula is C75H140O6. The van der Waals surface area contributed by atoms with Crippen molar-refractivity contribution >= 4 is 17.9 Å². The van der Waals surface area contributed by atoms with Crippen molar-refractivity contribution < 1.29 is 28.6 Å². The van der Waals surface area contributed by atoms with Gasteiger partial charge in [-0.3, -0.25) is 14.4 Å². The van der Waals surface area contributed by atoms with Crippen LogP contribution in [0.2, 0.25) is 0 Å². The highest BCUT2D eigenvalue weighted by Crippen LogP contribution is 2.19. The Morgan fingerprint density at radius 1 is 0.247 bits per heavy atom. The van der Waals surface area contributed by atoms with E-state index < -0.39 is 6.10 Å². The largest absolute Gasteiger partial charge is 0.462 e. The standard InChI is InChI=1S/C75H140O6/c1-4-7-10-13-16-19-22-25-28-31-34-36-38-41-44-47-50-53-56-59-62-65-68-74(77)80-71-72(70-79-73(76)67-64-61-58-55-52-49-46-43-40-33-30-27-24-21-18-15-12-9-6-3)81-75(78)69-66-63-60-57-54-51-48-45-42-39-37-35-32-29-26-23-20-17-14-11-8-5-2/h18,21,27,30,40,43,72H,4-17,19-20,22-26,28-29,31-39,41-42,44-71H2,1-3H3/b21-18-,30-27-,43-40-. The highest BCUT2D eigenvalue weighted by Gasteiger charge is 2.19. The van der Waals surface area contributed by atoms with Gasteiger partial charge in [-0.1, -0.05) is 365 Å². The van der Waals surface area contributed by atoms with Crippen LogP contribution in [0.1, 0.15) is 406 Å². The van der Waals surface area contributed by atoms with Gasteiger partial charge in [-0.05, 0) is 57.8 Å². The molecule has 0 amide bonds. The number of allylic oxidation sites excluding steroid dienone is 6. The van der Waals surface area contributed by atoms with E-state index in [0.717, 1.165) is 77.0 Å². The SMILES string of the molecule is CCCCC/C=C\C/C=C\C/C=C\CCCCCCCCC(=O)OCC(COC(=O)CCCCCCCCCCCCCCCCCCCCCCCC)OC(=O)CCCCCCCCCCCCCCCCCCCCCCCC. The summed E-state index contributed by atoms with van der Waals surface area (Å²) in [4.78, 5) is 38.5. The number of unbranched alkanes of at least 4 members (excludes halogenated alkanes) is 51. The summed E-state index contributed by atoms with van der Waals surface area (Å²) in [6, 6.07) is 0. The monoisotopic (exact) mass is 1140 g/mol. The summed E-state index contributed by atoms with van der Waals surface area (Å²) in [5.41, 5.74) is 0. The molecule has 0 aliphatic rings. The summed E-state index contributed by atoms with van der Waals surface area (Å²) in [6.45, 7) is 6.69. The zero-order valence-electron chi connectivity index (χ0n) is 54.8. The van der Waals surface area contributed by atoms with E-state index in [2.05, 4.69) is 57.2 Å². The second kappa shape index (κ2) is 70.1. The third-order valence-corrected chi connectivity index (χ3v) is 16.6. The Kier molecular flexibility index (Phi) is 68.1. The predicted octanol–water partition coefficient (Wildman–Crippen LogP) is 25.1. The Balaban J connectivity index is 4.31. The quantitative estimate of drug-likeness (QED) is 0.0261. The first-order valence-electron chi connectivity index (χ1n) is 36.5. The Bertz CT molecular complexity index is 1350. The van der Waals surface area contributed by atoms with Crippen molar-refractivity contribution in [1.82, 2.24) is 0 Å². The van der Waals surface area contributed by atoms with Gasteiger partial charge in [0.15, 0.2) is 6.10 Å². The lowest BCUT2D eigenvalue weighted by Gasteiger charge is -2.18. The van der Waals surface area contributed by atoms with E-state index in [1.54, 1.807) is 0 Å². The number of hydrogen-bond donors (Lipinski definition) is 0. The van der Waals surface area contributed by atoms with Crippen molar-refractivity contribution in [3.63, 3.8) is 0 Å². The number of carbonyl (C=O) groups excluding carboxylic acids is 3. The van der Waals surface area contributed by atoms with Crippen LogP contribution >= 0.6 is 0 Å². The van der Waals surface area contributed by atoms with Gasteiger partial charge in [0.25, 0.3) is 0 Å². The van der Waals surface area contributed by atoms with Crippen molar-refractivity contribution in [3.8, 4) is 0 Å². The number of rotatable bonds is 68. The lowest BCUT2D eigenvalue weighted by molar-refractivity contribution is -0.167. The summed E-state index contributed by atoms with van der Waals surface area (Å²) in [7, 11) is 0. The maximum Gasteiger partial charge on any atom is 0.306 e. The Labute approximate surface area is 506 Å². The fraction of sp³-hybridized carbons (Fsp3) is 0.880. The number of hydrogen-bond acceptors (Lipinski definition) is 6. The summed E-state index contributed by atoms with van der Waals surface area (Å²) >= 11 is 0. The highest BCUT2D eigenvalue weighted by molar-refractivity contribution is 5.71. The van der Waals surface area contributed by atoms with Gasteiger partial charge in [0.2, 0.25) is 0 Å². The van der Waals surface area contributed by atoms with E-state index in [1.807, 2.05) is 0 Å². The minimum absolute atomic E-state index is 0.0702. The van der Waals surface area contributed by atoms with Gasteiger partial charge < -0.3 is 14.2 Å². The first-order chi connectivity index (χ1) is 40.0. The lowest BCUT2D eigenvalue weighted by atomic mass is 10.0. The van der Waals surface area contributed by atoms with Gasteiger partial charge in [0.05, 0.1) is 0 Å². The fourth-order valence-corrected chi connectivity index (χ4v) is 11.2. The van der Waals surface area contributed by atoms with Crippen molar-refractivity contribution in [2.24, 2.45) is 0 Å². The molecule has 476 valence electrons. The van der Waals surface area contributed by atoms with Crippen molar-refractivity contribution in [3.05, 3.63) is 36.5 Å². The van der Waals surface area contributed by atoms with E-state index in [1.165, 1.54) is 289 Å². The molecule has 0 rings (SSSR count). The van der Waals surface area contributed by atoms with Gasteiger partial charge in [-0.25, -0.2) is 0 Å². The van der Waals surface area contributed by atoms with E-state index in [-0.39, 0.29) is 31.1 Å². The fourth-order valence-electron chi connectivity index (χ4n) is 11.2. The Hall–Kier alpha value is -2.37. The minimum Gasteiger partial charge on any atom is -0.462 e. The van der Waals surface area contributed by atoms with Gasteiger partial charge in [-0.2, -0.15) is 0 Å². The molecule has 0 aromatic heterocycles. The van der Waals surface area contributed by atoms with Crippen LogP contribution in [0.4, 0.5) is 0 Å². The molecule has 0 aliphatic carbocycles. The normalized spacial score (nSPS) is 12.2. The van der Waals surface area contributed by atoms with Gasteiger partial charge in [0.1, 0.15) is 13.2 Å². The topological polar surface area (TPSA) is 78.9 Å². The molecule has 0 aliphatic heterocycles. The van der Waals surface area contributed by atoms with Crippen LogP contribution in [0.3, 0.4) is 0 Å². The van der Waals surface area contributed by atoms with Gasteiger partial charge >= 0.3 is 17.9 Å². The molecule has 0 aromatic carbocycles. The predicted molar refractivity (Wildman–Crippen MR) is 353 cm³/mol. The van der Waals surface area contributed by atoms with Crippen molar-refractivity contribution in [2.75, 3.05) is 13.2 Å². The summed E-state index contributed by atoms with van der Waals surface area (Å²) < 4.78 is 17.0. The van der Waals surface area contributed by atoms with E-state index >= 15 is 0 Å². The summed E-state index contributed by atoms with van der Waals surface area (Å²) in [6.07, 6.45) is 87.4. The summed E-state index contributed by atoms with van der Waals surface area (Å²) in [5.74, 6) is -0.849. The van der Waals surface area contributed by atoms with Crippen LogP contribution in [0, 0.1) is 0 Å². The number of ether oxygens (including phenoxy) is 3. The molecule has 0 radical (unpaired) electrons. The van der Waals surface area contributed by atoms with Crippen LogP contribution in [0.5, 0.6) is 0 Å². The second-order valence-corrected chi connectivity index (χ2v) is 24.9. The van der Waals surface area contributed by atoms with Crippen LogP contribution in [-0.4, -0.2) is 37.2 Å². The molecule has 0 saturated heterocycles. The van der Waals surface area contributed by atoms with Crippen molar-refractivity contribution in [1.29, 1.82) is 0 Å². The van der Waals surface area contributed by atoms with E-state index in [9.17, 15) is 14.4 Å². The molecule has 0 N–H and O–H groups in total. The molecule has 0 fully saturated rings. The number of carbonyl (C=O) groups is 3. The van der Waals surface area contributed by atoms with Gasteiger partial charge in [-0.15, -0.1) is 0 Å². The van der Waals surface area contributed by atoms with E-state index in [0.29, 0.717) is 19.3 Å². The molecule has 0 heterocycles. The van der Waals surface area contributed by atoms with Crippen LogP contribution in [0.25, 0.3) is 0 Å². The van der Waals surface area contributed by atoms with E-state index in [4.69, 9.17) is 14.2 Å². The van der Waals surface area contributed by atoms with Crippen LogP contribution in [0.15, 0.2) is 36.5 Å². The molecule has 1 unspecified atom stereocenters. The third kappa shape index (κ3) is 68.3. The third-order valence-electron chi connectivity index (χ3n) is 16.6. The zero-order valence-corrected chi connectivity index (χ0v) is 54.8. The molecule has 0 saturated carbocycles. The van der Waals surface area contributed by atoms with Gasteiger partial charge in [0, 0.05) is 19.3 Å². The molecular weight excluding hydrogens is 997 g/mol. The Morgan fingerprint density at radius 3 is 0.716 bits per heavy atom. The minimum atomic E-state index is -0.776. The maximum absolute atomic E-state index is 13.0. The van der Waals surface area contributed by atoms with Crippen LogP contribution < -0.4 is 0 Å². The highest BCUT2D eigenvalue weighted by atomic mass is 16.6. The molecule has 0 spiro atoms. The lowest BCUT2D eigenvalue weighted by Crippen LogP contribution is -2.30. The van der Waals surface area contributed by atoms with Crippen molar-refractivity contribution in [2.45, 2.75) is 412 Å². The summed E-state index contributed by atoms with van der Waals surface area (Å²) in [5, 5.41) is 0. The first-order valence-corrected chi connectivity index (χ1v) is 36.5. The Morgan fingerprint density at radius 2 is 0.444 bits per heavy atom. The molecule has 1 atom stereocenters. The number of esters is 3. The molecule has 6 heteroatoms. The average molecular weight is 1140 g/mol.